The molecule has 1 unspecified atom stereocenters. The quantitative estimate of drug-likeness (QED) is 0.697. The van der Waals surface area contributed by atoms with Crippen LogP contribution >= 0.6 is 22.7 Å². The van der Waals surface area contributed by atoms with Crippen molar-refractivity contribution in [3.8, 4) is 0 Å². The maximum absolute atomic E-state index is 12.7. The Balaban J connectivity index is 1.34. The van der Waals surface area contributed by atoms with Gasteiger partial charge in [0.1, 0.15) is 0 Å². The second-order valence-corrected chi connectivity index (χ2v) is 8.56. The number of urea groups is 1. The van der Waals surface area contributed by atoms with E-state index in [1.165, 1.54) is 11.3 Å². The van der Waals surface area contributed by atoms with Gasteiger partial charge >= 0.3 is 6.03 Å². The van der Waals surface area contributed by atoms with Gasteiger partial charge in [0, 0.05) is 18.0 Å². The molecule has 0 saturated carbocycles. The van der Waals surface area contributed by atoms with Gasteiger partial charge in [0.05, 0.1) is 22.7 Å². The number of para-hydroxylation sites is 1. The molecule has 3 amide bonds. The van der Waals surface area contributed by atoms with E-state index in [-0.39, 0.29) is 17.9 Å². The highest BCUT2D eigenvalue weighted by molar-refractivity contribution is 7.22. The Bertz CT molecular complexity index is 905. The number of piperidine rings is 1. The van der Waals surface area contributed by atoms with E-state index >= 15 is 0 Å². The molecule has 1 fully saturated rings. The molecular weight excluding hydrogens is 380 g/mol. The highest BCUT2D eigenvalue weighted by Gasteiger charge is 2.28. The summed E-state index contributed by atoms with van der Waals surface area (Å²) in [6.07, 6.45) is 1.61. The fourth-order valence-corrected chi connectivity index (χ4v) is 4.71. The summed E-state index contributed by atoms with van der Waals surface area (Å²) >= 11 is 3.09. The van der Waals surface area contributed by atoms with E-state index in [0.29, 0.717) is 24.8 Å². The minimum Gasteiger partial charge on any atom is -0.333 e. The van der Waals surface area contributed by atoms with E-state index in [2.05, 4.69) is 15.6 Å². The number of benzene rings is 1. The zero-order valence-electron chi connectivity index (χ0n) is 14.7. The topological polar surface area (TPSA) is 74.3 Å². The number of carbonyl (C=O) groups excluding carboxylic acids is 2. The standard InChI is InChI=1S/C19H20N4O2S2/c24-17(22-18-21-15-7-1-2-8-16(15)27-18)13-5-3-9-23(12-13)19(25)20-11-14-6-4-10-26-14/h1-2,4,6-8,10,13H,3,5,9,11-12H2,(H,20,25)(H,21,22,24). The summed E-state index contributed by atoms with van der Waals surface area (Å²) in [6.45, 7) is 1.64. The Morgan fingerprint density at radius 3 is 2.93 bits per heavy atom. The van der Waals surface area contributed by atoms with E-state index < -0.39 is 0 Å². The number of hydrogen-bond acceptors (Lipinski definition) is 5. The van der Waals surface area contributed by atoms with E-state index in [1.54, 1.807) is 16.2 Å². The molecule has 6 nitrogen and oxygen atoms in total. The molecule has 8 heteroatoms. The average molecular weight is 401 g/mol. The molecule has 1 saturated heterocycles. The molecule has 3 aromatic rings. The maximum Gasteiger partial charge on any atom is 0.317 e. The zero-order valence-corrected chi connectivity index (χ0v) is 16.3. The van der Waals surface area contributed by atoms with Crippen LogP contribution in [-0.4, -0.2) is 34.9 Å². The Morgan fingerprint density at radius 1 is 1.22 bits per heavy atom. The highest BCUT2D eigenvalue weighted by Crippen LogP contribution is 2.26. The van der Waals surface area contributed by atoms with Gasteiger partial charge in [-0.1, -0.05) is 29.5 Å². The van der Waals surface area contributed by atoms with Gasteiger partial charge in [0.2, 0.25) is 5.91 Å². The molecule has 2 aromatic heterocycles. The summed E-state index contributed by atoms with van der Waals surface area (Å²) in [7, 11) is 0. The van der Waals surface area contributed by atoms with Crippen LogP contribution in [0.15, 0.2) is 41.8 Å². The summed E-state index contributed by atoms with van der Waals surface area (Å²) < 4.78 is 1.05. The molecular formula is C19H20N4O2S2. The van der Waals surface area contributed by atoms with Crippen LogP contribution in [0.25, 0.3) is 10.2 Å². The van der Waals surface area contributed by atoms with Crippen molar-refractivity contribution in [2.24, 2.45) is 5.92 Å². The number of nitrogens with one attached hydrogen (secondary N) is 2. The van der Waals surface area contributed by atoms with Crippen molar-refractivity contribution < 1.29 is 9.59 Å². The molecule has 1 aliphatic rings. The van der Waals surface area contributed by atoms with Gasteiger partial charge in [-0.05, 0) is 36.4 Å². The molecule has 3 heterocycles. The third kappa shape index (κ3) is 4.28. The summed E-state index contributed by atoms with van der Waals surface area (Å²) in [4.78, 5) is 32.4. The number of fused-ring (bicyclic) bond motifs is 1. The molecule has 2 N–H and O–H groups in total. The molecule has 27 heavy (non-hydrogen) atoms. The SMILES string of the molecule is O=C(Nc1nc2ccccc2s1)C1CCCN(C(=O)NCc2cccs2)C1. The fraction of sp³-hybridized carbons (Fsp3) is 0.316. The van der Waals surface area contributed by atoms with E-state index in [4.69, 9.17) is 0 Å². The fourth-order valence-electron chi connectivity index (χ4n) is 3.20. The molecule has 4 rings (SSSR count). The number of likely N-dealkylation sites (tertiary alicyclic amines) is 1. The highest BCUT2D eigenvalue weighted by atomic mass is 32.1. The Kier molecular flexibility index (Phi) is 5.35. The molecule has 0 radical (unpaired) electrons. The molecule has 0 aliphatic carbocycles. The van der Waals surface area contributed by atoms with Gasteiger partial charge in [-0.15, -0.1) is 11.3 Å². The predicted octanol–water partition coefficient (Wildman–Crippen LogP) is 3.92. The lowest BCUT2D eigenvalue weighted by Crippen LogP contribution is -2.47. The lowest BCUT2D eigenvalue weighted by molar-refractivity contribution is -0.121. The summed E-state index contributed by atoms with van der Waals surface area (Å²) in [5, 5.41) is 8.47. The van der Waals surface area contributed by atoms with E-state index in [0.717, 1.165) is 27.9 Å². The van der Waals surface area contributed by atoms with E-state index in [1.807, 2.05) is 41.8 Å². The summed E-state index contributed by atoms with van der Waals surface area (Å²) in [5.41, 5.74) is 0.885. The molecule has 140 valence electrons. The second kappa shape index (κ2) is 8.06. The lowest BCUT2D eigenvalue weighted by atomic mass is 9.97. The van der Waals surface area contributed by atoms with Crippen LogP contribution in [0, 0.1) is 5.92 Å². The van der Waals surface area contributed by atoms with Gasteiger partial charge in [-0.3, -0.25) is 4.79 Å². The van der Waals surface area contributed by atoms with Crippen molar-refractivity contribution in [1.82, 2.24) is 15.2 Å². The maximum atomic E-state index is 12.7. The van der Waals surface area contributed by atoms with Gasteiger partial charge in [0.15, 0.2) is 5.13 Å². The number of thiophene rings is 1. The lowest BCUT2D eigenvalue weighted by Gasteiger charge is -2.31. The number of carbonyl (C=O) groups is 2. The van der Waals surface area contributed by atoms with Gasteiger partial charge in [0.25, 0.3) is 0 Å². The third-order valence-corrected chi connectivity index (χ3v) is 6.43. The van der Waals surface area contributed by atoms with Crippen molar-refractivity contribution in [2.75, 3.05) is 18.4 Å². The van der Waals surface area contributed by atoms with Crippen LogP contribution in [0.2, 0.25) is 0 Å². The van der Waals surface area contributed by atoms with Crippen LogP contribution in [0.4, 0.5) is 9.93 Å². The number of aromatic nitrogens is 1. The largest absolute Gasteiger partial charge is 0.333 e. The minimum atomic E-state index is -0.210. The molecule has 1 atom stereocenters. The molecule has 1 aromatic carbocycles. The Morgan fingerprint density at radius 2 is 2.11 bits per heavy atom. The number of nitrogens with zero attached hydrogens (tertiary/aromatic N) is 2. The van der Waals surface area contributed by atoms with Crippen molar-refractivity contribution in [2.45, 2.75) is 19.4 Å². The number of anilines is 1. The monoisotopic (exact) mass is 400 g/mol. The summed E-state index contributed by atoms with van der Waals surface area (Å²) in [6, 6.07) is 11.7. The number of hydrogen-bond donors (Lipinski definition) is 2. The van der Waals surface area contributed by atoms with Crippen molar-refractivity contribution in [3.05, 3.63) is 46.7 Å². The number of amides is 3. The first-order valence-corrected chi connectivity index (χ1v) is 10.6. The van der Waals surface area contributed by atoms with E-state index in [9.17, 15) is 9.59 Å². The predicted molar refractivity (Wildman–Crippen MR) is 109 cm³/mol. The van der Waals surface area contributed by atoms with Crippen molar-refractivity contribution >= 4 is 50.0 Å². The second-order valence-electron chi connectivity index (χ2n) is 6.50. The third-order valence-electron chi connectivity index (χ3n) is 4.60. The smallest absolute Gasteiger partial charge is 0.317 e. The van der Waals surface area contributed by atoms with Gasteiger partial charge in [-0.2, -0.15) is 0 Å². The molecule has 1 aliphatic heterocycles. The zero-order chi connectivity index (χ0) is 18.6. The number of rotatable bonds is 4. The minimum absolute atomic E-state index is 0.0650. The first kappa shape index (κ1) is 17.9. The van der Waals surface area contributed by atoms with Crippen LogP contribution in [-0.2, 0) is 11.3 Å². The Hall–Kier alpha value is -2.45. The Labute approximate surface area is 165 Å². The van der Waals surface area contributed by atoms with Gasteiger partial charge < -0.3 is 15.5 Å². The number of thiazole rings is 1. The van der Waals surface area contributed by atoms with Crippen LogP contribution in [0.1, 0.15) is 17.7 Å². The summed E-state index contributed by atoms with van der Waals surface area (Å²) in [5.74, 6) is -0.275. The molecule has 0 bridgehead atoms. The van der Waals surface area contributed by atoms with Crippen LogP contribution in [0.3, 0.4) is 0 Å². The normalized spacial score (nSPS) is 17.0. The molecule has 0 spiro atoms. The first-order chi connectivity index (χ1) is 13.2. The van der Waals surface area contributed by atoms with Crippen LogP contribution < -0.4 is 10.6 Å². The van der Waals surface area contributed by atoms with Crippen molar-refractivity contribution in [3.63, 3.8) is 0 Å². The average Bonchev–Trinajstić information content (AvgIpc) is 3.35. The van der Waals surface area contributed by atoms with Crippen molar-refractivity contribution in [1.29, 1.82) is 0 Å². The van der Waals surface area contributed by atoms with Gasteiger partial charge in [-0.25, -0.2) is 9.78 Å². The first-order valence-electron chi connectivity index (χ1n) is 8.90. The van der Waals surface area contributed by atoms with Crippen LogP contribution in [0.5, 0.6) is 0 Å².